The lowest BCUT2D eigenvalue weighted by Gasteiger charge is -2.17. The lowest BCUT2D eigenvalue weighted by Crippen LogP contribution is -2.42. The normalized spacial score (nSPS) is 11.9. The van der Waals surface area contributed by atoms with Gasteiger partial charge in [-0.1, -0.05) is 12.1 Å². The first-order chi connectivity index (χ1) is 13.2. The van der Waals surface area contributed by atoms with Crippen LogP contribution >= 0.6 is 24.0 Å². The Hall–Kier alpha value is -2.10. The SMILES string of the molecule is CN=C(NCCCCNc1ccccn1)NCC(C)Oc1cccc(F)c1.I. The summed E-state index contributed by atoms with van der Waals surface area (Å²) in [4.78, 5) is 8.42. The molecule has 0 aliphatic rings. The molecule has 28 heavy (non-hydrogen) atoms. The van der Waals surface area contributed by atoms with E-state index in [0.717, 1.165) is 37.7 Å². The zero-order valence-corrected chi connectivity index (χ0v) is 18.7. The molecule has 0 saturated carbocycles. The molecule has 0 bridgehead atoms. The number of hydrogen-bond donors (Lipinski definition) is 3. The Morgan fingerprint density at radius 3 is 2.68 bits per heavy atom. The third-order valence-corrected chi connectivity index (χ3v) is 3.78. The maximum absolute atomic E-state index is 13.2. The predicted molar refractivity (Wildman–Crippen MR) is 123 cm³/mol. The number of unbranched alkanes of at least 4 members (excludes halogenated alkanes) is 1. The molecular formula is C20H29FIN5O. The number of nitrogens with one attached hydrogen (secondary N) is 3. The minimum atomic E-state index is -0.303. The quantitative estimate of drug-likeness (QED) is 0.201. The first kappa shape index (κ1) is 23.9. The molecule has 0 fully saturated rings. The second kappa shape index (κ2) is 14.0. The molecule has 3 N–H and O–H groups in total. The van der Waals surface area contributed by atoms with Crippen molar-refractivity contribution in [2.45, 2.75) is 25.9 Å². The van der Waals surface area contributed by atoms with E-state index in [1.54, 1.807) is 25.4 Å². The van der Waals surface area contributed by atoms with E-state index in [0.29, 0.717) is 12.3 Å². The van der Waals surface area contributed by atoms with Crippen LogP contribution in [0.1, 0.15) is 19.8 Å². The summed E-state index contributed by atoms with van der Waals surface area (Å²) in [5.41, 5.74) is 0. The zero-order chi connectivity index (χ0) is 19.3. The first-order valence-corrected chi connectivity index (χ1v) is 9.19. The maximum Gasteiger partial charge on any atom is 0.191 e. The highest BCUT2D eigenvalue weighted by Crippen LogP contribution is 2.13. The summed E-state index contributed by atoms with van der Waals surface area (Å²) in [6.45, 7) is 4.19. The van der Waals surface area contributed by atoms with Crippen molar-refractivity contribution in [2.24, 2.45) is 4.99 Å². The van der Waals surface area contributed by atoms with E-state index in [4.69, 9.17) is 4.74 Å². The second-order valence-electron chi connectivity index (χ2n) is 6.11. The highest BCUT2D eigenvalue weighted by Gasteiger charge is 2.06. The molecule has 2 aromatic rings. The number of pyridine rings is 1. The largest absolute Gasteiger partial charge is 0.489 e. The van der Waals surface area contributed by atoms with Gasteiger partial charge in [-0.15, -0.1) is 24.0 Å². The van der Waals surface area contributed by atoms with Crippen LogP contribution in [0.5, 0.6) is 5.75 Å². The van der Waals surface area contributed by atoms with Crippen molar-refractivity contribution in [3.63, 3.8) is 0 Å². The summed E-state index contributed by atoms with van der Waals surface area (Å²) in [7, 11) is 1.73. The van der Waals surface area contributed by atoms with Gasteiger partial charge in [0.1, 0.15) is 23.5 Å². The average Bonchev–Trinajstić information content (AvgIpc) is 2.67. The number of rotatable bonds is 10. The van der Waals surface area contributed by atoms with Gasteiger partial charge in [-0.2, -0.15) is 0 Å². The van der Waals surface area contributed by atoms with Crippen LogP contribution in [0.25, 0.3) is 0 Å². The summed E-state index contributed by atoms with van der Waals surface area (Å²) in [6, 6.07) is 12.0. The van der Waals surface area contributed by atoms with Crippen LogP contribution < -0.4 is 20.7 Å². The molecule has 1 aromatic heterocycles. The van der Waals surface area contributed by atoms with E-state index >= 15 is 0 Å². The van der Waals surface area contributed by atoms with Gasteiger partial charge in [0.15, 0.2) is 5.96 Å². The molecule has 0 aliphatic carbocycles. The van der Waals surface area contributed by atoms with Crippen LogP contribution in [-0.2, 0) is 0 Å². The van der Waals surface area contributed by atoms with Crippen LogP contribution in [0.2, 0.25) is 0 Å². The lowest BCUT2D eigenvalue weighted by molar-refractivity contribution is 0.223. The number of anilines is 1. The van der Waals surface area contributed by atoms with Crippen molar-refractivity contribution in [2.75, 3.05) is 32.0 Å². The first-order valence-electron chi connectivity index (χ1n) is 9.19. The standard InChI is InChI=1S/C20H28FN5O.HI/c1-16(27-18-9-7-8-17(21)14-18)15-26-20(22-2)25-13-6-5-12-24-19-10-3-4-11-23-19;/h3-4,7-11,14,16H,5-6,12-13,15H2,1-2H3,(H,23,24)(H2,22,25,26);1H. The van der Waals surface area contributed by atoms with Gasteiger partial charge in [0.05, 0.1) is 6.54 Å². The van der Waals surface area contributed by atoms with Crippen molar-refractivity contribution in [3.8, 4) is 5.75 Å². The second-order valence-corrected chi connectivity index (χ2v) is 6.11. The molecule has 1 heterocycles. The van der Waals surface area contributed by atoms with Gasteiger partial charge < -0.3 is 20.7 Å². The van der Waals surface area contributed by atoms with Gasteiger partial charge in [-0.25, -0.2) is 9.37 Å². The van der Waals surface area contributed by atoms with E-state index in [-0.39, 0.29) is 35.9 Å². The van der Waals surface area contributed by atoms with Gasteiger partial charge in [-0.3, -0.25) is 4.99 Å². The average molecular weight is 501 g/mol. The van der Waals surface area contributed by atoms with E-state index in [2.05, 4.69) is 25.9 Å². The van der Waals surface area contributed by atoms with Crippen LogP contribution in [0, 0.1) is 5.82 Å². The molecule has 0 saturated heterocycles. The van der Waals surface area contributed by atoms with E-state index in [1.807, 2.05) is 25.1 Å². The third kappa shape index (κ3) is 9.72. The number of halogens is 2. The van der Waals surface area contributed by atoms with Gasteiger partial charge in [0.25, 0.3) is 0 Å². The molecule has 8 heteroatoms. The number of guanidine groups is 1. The minimum absolute atomic E-state index is 0. The van der Waals surface area contributed by atoms with Gasteiger partial charge in [0, 0.05) is 32.4 Å². The number of benzene rings is 1. The molecule has 1 atom stereocenters. The number of nitrogens with zero attached hydrogens (tertiary/aromatic N) is 2. The highest BCUT2D eigenvalue weighted by molar-refractivity contribution is 14.0. The summed E-state index contributed by atoms with van der Waals surface area (Å²) in [6.07, 6.45) is 3.70. The molecule has 0 radical (unpaired) electrons. The number of aliphatic imine (C=N–C) groups is 1. The molecule has 6 nitrogen and oxygen atoms in total. The van der Waals surface area contributed by atoms with Crippen LogP contribution in [0.4, 0.5) is 10.2 Å². The predicted octanol–water partition coefficient (Wildman–Crippen LogP) is 3.66. The van der Waals surface area contributed by atoms with E-state index in [9.17, 15) is 4.39 Å². The maximum atomic E-state index is 13.2. The zero-order valence-electron chi connectivity index (χ0n) is 16.3. The van der Waals surface area contributed by atoms with E-state index in [1.165, 1.54) is 12.1 Å². The number of hydrogen-bond acceptors (Lipinski definition) is 4. The third-order valence-electron chi connectivity index (χ3n) is 3.78. The summed E-state index contributed by atoms with van der Waals surface area (Å²) in [5.74, 6) is 1.84. The monoisotopic (exact) mass is 501 g/mol. The summed E-state index contributed by atoms with van der Waals surface area (Å²) in [5, 5.41) is 9.78. The van der Waals surface area contributed by atoms with Gasteiger partial charge in [0.2, 0.25) is 0 Å². The Labute approximate surface area is 183 Å². The molecule has 154 valence electrons. The number of ether oxygens (including phenoxy) is 1. The fraction of sp³-hybridized carbons (Fsp3) is 0.400. The van der Waals surface area contributed by atoms with Crippen molar-refractivity contribution in [3.05, 3.63) is 54.5 Å². The smallest absolute Gasteiger partial charge is 0.191 e. The Morgan fingerprint density at radius 2 is 1.96 bits per heavy atom. The van der Waals surface area contributed by atoms with E-state index < -0.39 is 0 Å². The molecular weight excluding hydrogens is 472 g/mol. The van der Waals surface area contributed by atoms with Crippen molar-refractivity contribution in [1.82, 2.24) is 15.6 Å². The number of aromatic nitrogens is 1. The highest BCUT2D eigenvalue weighted by atomic mass is 127. The van der Waals surface area contributed by atoms with Crippen molar-refractivity contribution < 1.29 is 9.13 Å². The fourth-order valence-corrected chi connectivity index (χ4v) is 2.42. The molecule has 0 spiro atoms. The molecule has 0 amide bonds. The fourth-order valence-electron chi connectivity index (χ4n) is 2.42. The Kier molecular flexibility index (Phi) is 11.9. The Morgan fingerprint density at radius 1 is 1.14 bits per heavy atom. The lowest BCUT2D eigenvalue weighted by atomic mass is 10.3. The van der Waals surface area contributed by atoms with Crippen LogP contribution in [0.15, 0.2) is 53.7 Å². The minimum Gasteiger partial charge on any atom is -0.489 e. The Bertz CT molecular complexity index is 702. The summed E-state index contributed by atoms with van der Waals surface area (Å²) < 4.78 is 18.9. The molecule has 2 rings (SSSR count). The van der Waals surface area contributed by atoms with Gasteiger partial charge >= 0.3 is 0 Å². The summed E-state index contributed by atoms with van der Waals surface area (Å²) >= 11 is 0. The molecule has 0 aliphatic heterocycles. The topological polar surface area (TPSA) is 70.6 Å². The van der Waals surface area contributed by atoms with Crippen LogP contribution in [-0.4, -0.2) is 43.7 Å². The van der Waals surface area contributed by atoms with Crippen molar-refractivity contribution >= 4 is 35.8 Å². The van der Waals surface area contributed by atoms with Crippen LogP contribution in [0.3, 0.4) is 0 Å². The molecule has 1 aromatic carbocycles. The van der Waals surface area contributed by atoms with Crippen molar-refractivity contribution in [1.29, 1.82) is 0 Å². The van der Waals surface area contributed by atoms with Gasteiger partial charge in [-0.05, 0) is 44.0 Å². The molecule has 1 unspecified atom stereocenters. The Balaban J connectivity index is 0.00000392.